The fourth-order valence-corrected chi connectivity index (χ4v) is 3.65. The van der Waals surface area contributed by atoms with E-state index >= 15 is 0 Å². The molecule has 0 unspecified atom stereocenters. The zero-order chi connectivity index (χ0) is 23.0. The Bertz CT molecular complexity index is 1280. The third kappa shape index (κ3) is 6.24. The molecular weight excluding hydrogens is 418 g/mol. The van der Waals surface area contributed by atoms with E-state index in [1.807, 2.05) is 16.8 Å². The minimum absolute atomic E-state index is 0.421. The van der Waals surface area contributed by atoms with Crippen molar-refractivity contribution in [2.75, 3.05) is 0 Å². The summed E-state index contributed by atoms with van der Waals surface area (Å²) in [6.45, 7) is 1.01. The first-order valence-corrected chi connectivity index (χ1v) is 11.7. The van der Waals surface area contributed by atoms with Crippen molar-refractivity contribution < 1.29 is 4.84 Å². The number of imidazole rings is 1. The average Bonchev–Trinajstić information content (AvgIpc) is 3.57. The molecule has 1 aliphatic rings. The second-order valence-electron chi connectivity index (χ2n) is 8.65. The van der Waals surface area contributed by atoms with Gasteiger partial charge in [-0.05, 0) is 48.1 Å². The maximum absolute atomic E-state index is 5.79. The van der Waals surface area contributed by atoms with E-state index in [9.17, 15) is 0 Å². The minimum Gasteiger partial charge on any atom is -0.391 e. The monoisotopic (exact) mass is 445 g/mol. The summed E-state index contributed by atoms with van der Waals surface area (Å²) in [5, 5.41) is 4.50. The lowest BCUT2D eigenvalue weighted by Crippen LogP contribution is -2.11. The van der Waals surface area contributed by atoms with Crippen LogP contribution in [0.5, 0.6) is 0 Å². The Labute approximate surface area is 200 Å². The summed E-state index contributed by atoms with van der Waals surface area (Å²) < 4.78 is 1.99. The van der Waals surface area contributed by atoms with Crippen LogP contribution < -0.4 is 0 Å². The van der Waals surface area contributed by atoms with Crippen molar-refractivity contribution in [1.82, 2.24) is 9.55 Å². The van der Waals surface area contributed by atoms with Crippen LogP contribution in [0.3, 0.4) is 0 Å². The summed E-state index contributed by atoms with van der Waals surface area (Å²) in [5.41, 5.74) is 6.58. The first-order valence-electron chi connectivity index (χ1n) is 11.7. The van der Waals surface area contributed by atoms with E-state index in [-0.39, 0.29) is 0 Å². The number of nitrogens with zero attached hydrogens (tertiary/aromatic N) is 3. The maximum atomic E-state index is 5.79. The van der Waals surface area contributed by atoms with Gasteiger partial charge >= 0.3 is 0 Å². The van der Waals surface area contributed by atoms with Gasteiger partial charge in [-0.3, -0.25) is 0 Å². The highest BCUT2D eigenvalue weighted by atomic mass is 16.6. The molecule has 0 amide bonds. The minimum atomic E-state index is 0.421. The molecule has 4 aromatic rings. The lowest BCUT2D eigenvalue weighted by atomic mass is 10.0. The highest BCUT2D eigenvalue weighted by Crippen LogP contribution is 2.27. The molecule has 1 aliphatic carbocycles. The molecule has 4 heteroatoms. The van der Waals surface area contributed by atoms with E-state index in [0.717, 1.165) is 28.8 Å². The first kappa shape index (κ1) is 21.7. The number of oxime groups is 1. The van der Waals surface area contributed by atoms with Crippen molar-refractivity contribution in [2.45, 2.75) is 32.4 Å². The fraction of sp³-hybridized carbons (Fsp3) is 0.200. The van der Waals surface area contributed by atoms with Gasteiger partial charge in [0.25, 0.3) is 0 Å². The van der Waals surface area contributed by atoms with Gasteiger partial charge in [0.1, 0.15) is 12.3 Å². The van der Waals surface area contributed by atoms with Gasteiger partial charge in [-0.2, -0.15) is 0 Å². The van der Waals surface area contributed by atoms with E-state index in [4.69, 9.17) is 4.84 Å². The van der Waals surface area contributed by atoms with Gasteiger partial charge in [0.05, 0.1) is 12.9 Å². The van der Waals surface area contributed by atoms with Crippen LogP contribution in [0.2, 0.25) is 0 Å². The molecule has 0 N–H and O–H groups in total. The molecule has 5 rings (SSSR count). The highest BCUT2D eigenvalue weighted by molar-refractivity contribution is 6.00. The van der Waals surface area contributed by atoms with Crippen LogP contribution in [0.4, 0.5) is 0 Å². The van der Waals surface area contributed by atoms with Crippen LogP contribution >= 0.6 is 0 Å². The zero-order valence-corrected chi connectivity index (χ0v) is 19.1. The van der Waals surface area contributed by atoms with Gasteiger partial charge in [-0.1, -0.05) is 83.7 Å². The van der Waals surface area contributed by atoms with Gasteiger partial charge in [0.15, 0.2) is 0 Å². The molecule has 1 heterocycles. The van der Waals surface area contributed by atoms with Crippen LogP contribution in [0.1, 0.15) is 40.7 Å². The van der Waals surface area contributed by atoms with Crippen molar-refractivity contribution in [3.05, 3.63) is 125 Å². The number of benzene rings is 3. The van der Waals surface area contributed by atoms with Gasteiger partial charge in [0.2, 0.25) is 0 Å². The van der Waals surface area contributed by atoms with Crippen LogP contribution in [0, 0.1) is 17.8 Å². The zero-order valence-electron chi connectivity index (χ0n) is 19.1. The number of hydrogen-bond donors (Lipinski definition) is 0. The Balaban J connectivity index is 1.24. The van der Waals surface area contributed by atoms with Crippen LogP contribution in [0.25, 0.3) is 0 Å². The van der Waals surface area contributed by atoms with Gasteiger partial charge < -0.3 is 9.40 Å². The predicted octanol–water partition coefficient (Wildman–Crippen LogP) is 5.86. The molecule has 1 saturated carbocycles. The van der Waals surface area contributed by atoms with Crippen molar-refractivity contribution in [1.29, 1.82) is 0 Å². The third-order valence-corrected chi connectivity index (χ3v) is 5.79. The summed E-state index contributed by atoms with van der Waals surface area (Å²) in [6, 6.07) is 27.3. The van der Waals surface area contributed by atoms with Crippen molar-refractivity contribution >= 4 is 5.71 Å². The Morgan fingerprint density at radius 3 is 2.35 bits per heavy atom. The first-order chi connectivity index (χ1) is 16.8. The maximum Gasteiger partial charge on any atom is 0.142 e. The van der Waals surface area contributed by atoms with Crippen LogP contribution in [-0.4, -0.2) is 15.3 Å². The fourth-order valence-electron chi connectivity index (χ4n) is 3.65. The molecule has 1 fully saturated rings. The molecule has 3 aromatic carbocycles. The lowest BCUT2D eigenvalue weighted by Gasteiger charge is -2.09. The predicted molar refractivity (Wildman–Crippen MR) is 135 cm³/mol. The van der Waals surface area contributed by atoms with Crippen molar-refractivity contribution in [3.63, 3.8) is 0 Å². The Hall–Kier alpha value is -4.10. The summed E-state index contributed by atoms with van der Waals surface area (Å²) in [4.78, 5) is 9.93. The van der Waals surface area contributed by atoms with Crippen molar-refractivity contribution in [3.8, 4) is 11.8 Å². The molecule has 0 bridgehead atoms. The van der Waals surface area contributed by atoms with Gasteiger partial charge in [0, 0.05) is 29.4 Å². The Morgan fingerprint density at radius 1 is 0.912 bits per heavy atom. The standard InChI is InChI=1S/C30H27N3O/c1-2-4-26(5-3-1)20-27-10-12-28(13-11-27)22-34-32-30(21-33-19-18-31-23-33)29-16-14-25(15-17-29)9-8-24-6-7-24/h1-5,10-19,23-24H,6-7,20-22H2/b32-30+. The number of hydrogen-bond acceptors (Lipinski definition) is 3. The second kappa shape index (κ2) is 10.7. The molecule has 168 valence electrons. The molecule has 34 heavy (non-hydrogen) atoms. The molecular formula is C30H27N3O. The van der Waals surface area contributed by atoms with E-state index in [0.29, 0.717) is 19.1 Å². The van der Waals surface area contributed by atoms with Gasteiger partial charge in [-0.15, -0.1) is 0 Å². The Morgan fingerprint density at radius 2 is 1.65 bits per heavy atom. The molecule has 0 radical (unpaired) electrons. The smallest absolute Gasteiger partial charge is 0.142 e. The SMILES string of the molecule is C(#CC1CC1)c1ccc(/C(Cn2ccnc2)=N/OCc2ccc(Cc3ccccc3)cc2)cc1. The highest BCUT2D eigenvalue weighted by Gasteiger charge is 2.17. The summed E-state index contributed by atoms with van der Waals surface area (Å²) in [6.07, 6.45) is 8.88. The summed E-state index contributed by atoms with van der Waals surface area (Å²) >= 11 is 0. The molecule has 0 aliphatic heterocycles. The normalized spacial score (nSPS) is 13.2. The van der Waals surface area contributed by atoms with Crippen LogP contribution in [-0.2, 0) is 24.4 Å². The molecule has 0 saturated heterocycles. The second-order valence-corrected chi connectivity index (χ2v) is 8.65. The van der Waals surface area contributed by atoms with E-state index in [1.54, 1.807) is 12.5 Å². The number of aromatic nitrogens is 2. The van der Waals surface area contributed by atoms with Gasteiger partial charge in [-0.25, -0.2) is 4.98 Å². The van der Waals surface area contributed by atoms with E-state index < -0.39 is 0 Å². The number of rotatable bonds is 8. The quantitative estimate of drug-likeness (QED) is 0.194. The summed E-state index contributed by atoms with van der Waals surface area (Å²) in [5.74, 6) is 7.17. The molecule has 0 spiro atoms. The molecule has 0 atom stereocenters. The third-order valence-electron chi connectivity index (χ3n) is 5.79. The van der Waals surface area contributed by atoms with E-state index in [2.05, 4.69) is 94.8 Å². The van der Waals surface area contributed by atoms with E-state index in [1.165, 1.54) is 24.0 Å². The Kier molecular flexibility index (Phi) is 6.82. The molecule has 1 aromatic heterocycles. The molecule has 4 nitrogen and oxygen atoms in total. The largest absolute Gasteiger partial charge is 0.391 e. The summed E-state index contributed by atoms with van der Waals surface area (Å²) in [7, 11) is 0. The van der Waals surface area contributed by atoms with Crippen molar-refractivity contribution in [2.24, 2.45) is 11.1 Å². The topological polar surface area (TPSA) is 39.4 Å². The van der Waals surface area contributed by atoms with Crippen LogP contribution in [0.15, 0.2) is 103 Å². The lowest BCUT2D eigenvalue weighted by molar-refractivity contribution is 0.130. The average molecular weight is 446 g/mol.